The van der Waals surface area contributed by atoms with E-state index in [1.54, 1.807) is 28.4 Å². The number of hydrogen-bond donors (Lipinski definition) is 0. The fourth-order valence-electron chi connectivity index (χ4n) is 2.73. The number of hydrogen-bond acceptors (Lipinski definition) is 2. The molecule has 2 aliphatic carbocycles. The van der Waals surface area contributed by atoms with Crippen molar-refractivity contribution in [3.63, 3.8) is 0 Å². The highest BCUT2D eigenvalue weighted by molar-refractivity contribution is 6.05. The van der Waals surface area contributed by atoms with Gasteiger partial charge in [0.05, 0.1) is 14.2 Å². The van der Waals surface area contributed by atoms with E-state index in [0.29, 0.717) is 23.1 Å². The molecule has 0 saturated carbocycles. The van der Waals surface area contributed by atoms with Crippen molar-refractivity contribution in [3.8, 4) is 23.7 Å². The molecule has 0 aromatic rings. The third kappa shape index (κ3) is 7.15. The Morgan fingerprint density at radius 2 is 1.17 bits per heavy atom. The van der Waals surface area contributed by atoms with Crippen LogP contribution in [-0.4, -0.2) is 40.0 Å². The summed E-state index contributed by atoms with van der Waals surface area (Å²) in [5.74, 6) is 15.4. The molecule has 0 radical (unpaired) electrons. The summed E-state index contributed by atoms with van der Waals surface area (Å²) in [5, 5.41) is 0. The van der Waals surface area contributed by atoms with Crippen molar-refractivity contribution in [3.05, 3.63) is 71.3 Å². The van der Waals surface area contributed by atoms with Crippen molar-refractivity contribution in [2.45, 2.75) is 25.7 Å². The molecule has 0 N–H and O–H groups in total. The standard InChI is InChI=1S/C26H28O4/c1-27-23-17-15-21(19-25(23)29-3)13-11-9-7-5-6-8-10-12-14-22-16-18-24(28-2)26(20-22)30-4/h13-20H,5-8H2,1-4H3/q+2/b21-13-,22-14+. The summed E-state index contributed by atoms with van der Waals surface area (Å²) in [6.07, 6.45) is 19.0. The monoisotopic (exact) mass is 404 g/mol. The summed E-state index contributed by atoms with van der Waals surface area (Å²) in [6, 6.07) is 0. The first-order chi connectivity index (χ1) is 14.7. The Morgan fingerprint density at radius 3 is 1.53 bits per heavy atom. The zero-order valence-corrected chi connectivity index (χ0v) is 18.1. The van der Waals surface area contributed by atoms with Gasteiger partial charge in [0.15, 0.2) is 0 Å². The van der Waals surface area contributed by atoms with Crippen LogP contribution in [0, 0.1) is 23.7 Å². The van der Waals surface area contributed by atoms with Crippen molar-refractivity contribution < 1.29 is 18.3 Å². The van der Waals surface area contributed by atoms with Gasteiger partial charge in [0.25, 0.3) is 14.2 Å². The summed E-state index contributed by atoms with van der Waals surface area (Å²) in [6.45, 7) is 0. The molecule has 0 saturated heterocycles. The molecule has 154 valence electrons. The van der Waals surface area contributed by atoms with Crippen LogP contribution in [0.2, 0.25) is 0 Å². The number of unbranched alkanes of at least 4 members (excludes halogenated alkanes) is 3. The minimum atomic E-state index is 0.705. The minimum absolute atomic E-state index is 0.705. The van der Waals surface area contributed by atoms with Crippen LogP contribution in [0.3, 0.4) is 0 Å². The van der Waals surface area contributed by atoms with Crippen LogP contribution in [0.15, 0.2) is 71.3 Å². The molecule has 2 aliphatic rings. The van der Waals surface area contributed by atoms with Crippen LogP contribution in [-0.2, 0) is 18.3 Å². The van der Waals surface area contributed by atoms with Crippen LogP contribution < -0.4 is 0 Å². The molecule has 0 heterocycles. The Hall–Kier alpha value is -3.50. The number of methoxy groups -OCH3 is 2. The molecule has 0 spiro atoms. The van der Waals surface area contributed by atoms with E-state index in [-0.39, 0.29) is 0 Å². The quantitative estimate of drug-likeness (QED) is 0.394. The lowest BCUT2D eigenvalue weighted by atomic mass is 10.1. The van der Waals surface area contributed by atoms with Gasteiger partial charge >= 0.3 is 11.6 Å². The van der Waals surface area contributed by atoms with E-state index < -0.39 is 0 Å². The van der Waals surface area contributed by atoms with E-state index in [4.69, 9.17) is 18.3 Å². The van der Waals surface area contributed by atoms with Gasteiger partial charge in [-0.15, -0.1) is 0 Å². The first-order valence-electron chi connectivity index (χ1n) is 9.79. The Bertz CT molecular complexity index is 905. The third-order valence-electron chi connectivity index (χ3n) is 4.35. The Kier molecular flexibility index (Phi) is 9.77. The molecule has 0 aromatic heterocycles. The first-order valence-corrected chi connectivity index (χ1v) is 9.79. The minimum Gasteiger partial charge on any atom is -0.488 e. The highest BCUT2D eigenvalue weighted by atomic mass is 16.5. The summed E-state index contributed by atoms with van der Waals surface area (Å²) in [5.41, 5.74) is 1.99. The van der Waals surface area contributed by atoms with Gasteiger partial charge in [-0.25, -0.2) is 0 Å². The lowest BCUT2D eigenvalue weighted by Crippen LogP contribution is -2.07. The van der Waals surface area contributed by atoms with Crippen molar-refractivity contribution in [1.82, 2.24) is 0 Å². The first kappa shape index (κ1) is 22.8. The van der Waals surface area contributed by atoms with E-state index in [0.717, 1.165) is 36.8 Å². The van der Waals surface area contributed by atoms with Gasteiger partial charge in [0, 0.05) is 25.0 Å². The Labute approximate surface area is 179 Å². The molecule has 0 bridgehead atoms. The molecule has 4 nitrogen and oxygen atoms in total. The molecular weight excluding hydrogens is 376 g/mol. The van der Waals surface area contributed by atoms with Gasteiger partial charge in [0.1, 0.15) is 0 Å². The van der Waals surface area contributed by atoms with Crippen molar-refractivity contribution in [1.29, 1.82) is 0 Å². The van der Waals surface area contributed by atoms with E-state index in [1.165, 1.54) is 0 Å². The summed E-state index contributed by atoms with van der Waals surface area (Å²) in [4.78, 5) is 0. The van der Waals surface area contributed by atoms with Crippen LogP contribution in [0.1, 0.15) is 25.7 Å². The number of carbonyl (C=O) groups excluding carboxylic acids is 2. The number of rotatable bonds is 5. The molecule has 0 atom stereocenters. The summed E-state index contributed by atoms with van der Waals surface area (Å²) >= 11 is 0. The number of allylic oxidation sites excluding steroid dienone is 10. The van der Waals surface area contributed by atoms with E-state index in [1.807, 2.05) is 48.6 Å². The van der Waals surface area contributed by atoms with Crippen LogP contribution in [0.25, 0.3) is 0 Å². The van der Waals surface area contributed by atoms with Gasteiger partial charge in [0.2, 0.25) is 11.5 Å². The highest BCUT2D eigenvalue weighted by Crippen LogP contribution is 2.14. The Balaban J connectivity index is 1.73. The molecule has 2 rings (SSSR count). The van der Waals surface area contributed by atoms with Crippen molar-refractivity contribution in [2.24, 2.45) is 0 Å². The number of ketones is 2. The van der Waals surface area contributed by atoms with Crippen molar-refractivity contribution >= 4 is 11.6 Å². The van der Waals surface area contributed by atoms with Gasteiger partial charge in [-0.05, 0) is 60.4 Å². The average molecular weight is 405 g/mol. The molecule has 0 aliphatic heterocycles. The second kappa shape index (κ2) is 12.9. The SMILES string of the molecule is COC1=C/C(=C\C#CCCCCC#C/C=C2\C=CC(=[O+]C)C(OC)=C2)C=CC1=[O+]C. The van der Waals surface area contributed by atoms with E-state index in [2.05, 4.69) is 23.7 Å². The molecule has 0 amide bonds. The van der Waals surface area contributed by atoms with Crippen LogP contribution in [0.4, 0.5) is 0 Å². The van der Waals surface area contributed by atoms with Gasteiger partial charge in [-0.1, -0.05) is 23.7 Å². The largest absolute Gasteiger partial charge is 0.488 e. The highest BCUT2D eigenvalue weighted by Gasteiger charge is 2.19. The Morgan fingerprint density at radius 1 is 0.733 bits per heavy atom. The molecule has 4 heteroatoms. The lowest BCUT2D eigenvalue weighted by molar-refractivity contribution is -0.419. The summed E-state index contributed by atoms with van der Waals surface area (Å²) < 4.78 is 21.1. The van der Waals surface area contributed by atoms with Crippen molar-refractivity contribution in [2.75, 3.05) is 28.4 Å². The van der Waals surface area contributed by atoms with E-state index in [9.17, 15) is 0 Å². The zero-order chi connectivity index (χ0) is 21.6. The second-order valence-corrected chi connectivity index (χ2v) is 6.37. The number of ether oxygens (including phenoxy) is 2. The van der Waals surface area contributed by atoms with Gasteiger partial charge in [-0.3, -0.25) is 8.85 Å². The topological polar surface area (TPSA) is 41.1 Å². The normalized spacial score (nSPS) is 20.4. The molecule has 30 heavy (non-hydrogen) atoms. The zero-order valence-electron chi connectivity index (χ0n) is 18.1. The fraction of sp³-hybridized carbons (Fsp3) is 0.308. The molecule has 0 aromatic carbocycles. The van der Waals surface area contributed by atoms with Crippen LogP contribution in [0.5, 0.6) is 0 Å². The third-order valence-corrected chi connectivity index (χ3v) is 4.35. The van der Waals surface area contributed by atoms with Gasteiger partial charge < -0.3 is 9.47 Å². The molecule has 0 fully saturated rings. The van der Waals surface area contributed by atoms with Gasteiger partial charge in [-0.2, -0.15) is 0 Å². The average Bonchev–Trinajstić information content (AvgIpc) is 2.79. The molecular formula is C26H28O4+2. The fourth-order valence-corrected chi connectivity index (χ4v) is 2.73. The second-order valence-electron chi connectivity index (χ2n) is 6.37. The molecule has 0 unspecified atom stereocenters. The smallest absolute Gasteiger partial charge is 0.384 e. The predicted octanol–water partition coefficient (Wildman–Crippen LogP) is 4.08. The summed E-state index contributed by atoms with van der Waals surface area (Å²) in [7, 11) is 6.50. The van der Waals surface area contributed by atoms with E-state index >= 15 is 0 Å². The van der Waals surface area contributed by atoms with Crippen LogP contribution >= 0.6 is 0 Å². The maximum absolute atomic E-state index is 5.30. The maximum Gasteiger partial charge on any atom is 0.384 e. The lowest BCUT2D eigenvalue weighted by Gasteiger charge is -2.03. The maximum atomic E-state index is 5.30. The predicted molar refractivity (Wildman–Crippen MR) is 121 cm³/mol.